The Kier molecular flexibility index (Phi) is 7.64. The van der Waals surface area contributed by atoms with Crippen LogP contribution in [-0.2, 0) is 19.6 Å². The van der Waals surface area contributed by atoms with Gasteiger partial charge < -0.3 is 15.4 Å². The molecule has 3 N–H and O–H groups in total. The van der Waals surface area contributed by atoms with E-state index in [1.54, 1.807) is 30.3 Å². The summed E-state index contributed by atoms with van der Waals surface area (Å²) in [6.45, 7) is 1.31. The van der Waals surface area contributed by atoms with E-state index in [-0.39, 0.29) is 22.5 Å². The van der Waals surface area contributed by atoms with Crippen LogP contribution in [0.5, 0.6) is 0 Å². The number of amides is 2. The molecule has 0 aromatic heterocycles. The Balaban J connectivity index is 1.62. The van der Waals surface area contributed by atoms with Crippen LogP contribution in [0.25, 0.3) is 0 Å². The van der Waals surface area contributed by atoms with Crippen LogP contribution in [-0.4, -0.2) is 39.1 Å². The maximum Gasteiger partial charge on any atom is 0.338 e. The summed E-state index contributed by atoms with van der Waals surface area (Å²) >= 11 is 0. The van der Waals surface area contributed by atoms with Crippen LogP contribution in [0, 0.1) is 6.92 Å². The zero-order valence-electron chi connectivity index (χ0n) is 18.5. The fraction of sp³-hybridized carbons (Fsp3) is 0.125. The number of ether oxygens (including phenoxy) is 1. The molecule has 0 unspecified atom stereocenters. The number of nitrogens with one attached hydrogen (secondary N) is 3. The highest BCUT2D eigenvalue weighted by Crippen LogP contribution is 2.18. The molecule has 0 heterocycles. The molecule has 0 atom stereocenters. The fourth-order valence-electron chi connectivity index (χ4n) is 3.04. The summed E-state index contributed by atoms with van der Waals surface area (Å²) in [5.41, 5.74) is 2.36. The first-order valence-corrected chi connectivity index (χ1v) is 12.0. The summed E-state index contributed by atoms with van der Waals surface area (Å²) in [4.78, 5) is 37.4. The number of benzene rings is 3. The van der Waals surface area contributed by atoms with Crippen molar-refractivity contribution in [2.24, 2.45) is 0 Å². The molecule has 176 valence electrons. The van der Waals surface area contributed by atoms with Crippen LogP contribution < -0.4 is 15.4 Å². The number of aryl methyl sites for hydroxylation is 1. The molecular formula is C24H23N3O6S. The number of para-hydroxylation sites is 1. The second-order valence-electron chi connectivity index (χ2n) is 7.45. The van der Waals surface area contributed by atoms with Gasteiger partial charge in [-0.05, 0) is 55.0 Å². The first kappa shape index (κ1) is 24.5. The largest absolute Gasteiger partial charge is 0.452 e. The monoisotopic (exact) mass is 481 g/mol. The third-order valence-corrected chi connectivity index (χ3v) is 5.06. The van der Waals surface area contributed by atoms with Crippen LogP contribution in [0.2, 0.25) is 0 Å². The van der Waals surface area contributed by atoms with E-state index in [1.807, 2.05) is 25.1 Å². The minimum atomic E-state index is -3.51. The number of rotatable bonds is 8. The number of carbonyl (C=O) groups is 3. The van der Waals surface area contributed by atoms with E-state index in [0.717, 1.165) is 11.8 Å². The van der Waals surface area contributed by atoms with Crippen LogP contribution >= 0.6 is 0 Å². The third kappa shape index (κ3) is 7.17. The summed E-state index contributed by atoms with van der Waals surface area (Å²) in [6, 6.07) is 19.4. The van der Waals surface area contributed by atoms with Gasteiger partial charge >= 0.3 is 5.97 Å². The standard InChI is InChI=1S/C24H23N3O6S/c1-16-7-5-9-18(13-16)25-23(29)20-11-3-4-12-21(20)26-22(28)15-33-24(30)17-8-6-10-19(14-17)27-34(2,31)32/h3-14,27H,15H2,1-2H3,(H,25,29)(H,26,28). The highest BCUT2D eigenvalue weighted by atomic mass is 32.2. The molecule has 34 heavy (non-hydrogen) atoms. The molecule has 2 amide bonds. The summed E-state index contributed by atoms with van der Waals surface area (Å²) in [5.74, 6) is -1.86. The van der Waals surface area contributed by atoms with Gasteiger partial charge in [0.2, 0.25) is 10.0 Å². The molecule has 0 aliphatic carbocycles. The Hall–Kier alpha value is -4.18. The molecular weight excluding hydrogens is 458 g/mol. The number of esters is 1. The van der Waals surface area contributed by atoms with Crippen LogP contribution in [0.15, 0.2) is 72.8 Å². The SMILES string of the molecule is Cc1cccc(NC(=O)c2ccccc2NC(=O)COC(=O)c2cccc(NS(C)(=O)=O)c2)c1. The van der Waals surface area contributed by atoms with Gasteiger partial charge in [0, 0.05) is 11.4 Å². The molecule has 0 saturated heterocycles. The first-order valence-electron chi connectivity index (χ1n) is 10.1. The van der Waals surface area contributed by atoms with Crippen LogP contribution in [0.1, 0.15) is 26.3 Å². The Labute approximate surface area is 197 Å². The van der Waals surface area contributed by atoms with Crippen LogP contribution in [0.3, 0.4) is 0 Å². The summed E-state index contributed by atoms with van der Waals surface area (Å²) in [5, 5.41) is 5.35. The molecule has 0 fully saturated rings. The molecule has 0 aliphatic rings. The number of hydrogen-bond donors (Lipinski definition) is 3. The Morgan fingerprint density at radius 2 is 1.56 bits per heavy atom. The number of hydrogen-bond acceptors (Lipinski definition) is 6. The highest BCUT2D eigenvalue weighted by molar-refractivity contribution is 7.92. The second kappa shape index (κ2) is 10.6. The average molecular weight is 482 g/mol. The molecule has 0 saturated carbocycles. The topological polar surface area (TPSA) is 131 Å². The molecule has 0 bridgehead atoms. The van der Waals surface area contributed by atoms with Gasteiger partial charge in [0.25, 0.3) is 11.8 Å². The second-order valence-corrected chi connectivity index (χ2v) is 9.20. The summed E-state index contributed by atoms with van der Waals surface area (Å²) < 4.78 is 30.0. The van der Waals surface area contributed by atoms with Crippen molar-refractivity contribution < 1.29 is 27.5 Å². The van der Waals surface area contributed by atoms with Crippen molar-refractivity contribution in [1.29, 1.82) is 0 Å². The van der Waals surface area contributed by atoms with Gasteiger partial charge in [0.1, 0.15) is 0 Å². The average Bonchev–Trinajstić information content (AvgIpc) is 2.77. The quantitative estimate of drug-likeness (QED) is 0.423. The minimum Gasteiger partial charge on any atom is -0.452 e. The molecule has 0 spiro atoms. The number of anilines is 3. The van der Waals surface area contributed by atoms with Crippen molar-refractivity contribution in [2.75, 3.05) is 28.2 Å². The lowest BCUT2D eigenvalue weighted by atomic mass is 10.1. The lowest BCUT2D eigenvalue weighted by Crippen LogP contribution is -2.23. The minimum absolute atomic E-state index is 0.0689. The highest BCUT2D eigenvalue weighted by Gasteiger charge is 2.16. The first-order chi connectivity index (χ1) is 16.1. The lowest BCUT2D eigenvalue weighted by molar-refractivity contribution is -0.119. The molecule has 3 aromatic carbocycles. The molecule has 0 aliphatic heterocycles. The normalized spacial score (nSPS) is 10.8. The van der Waals surface area contributed by atoms with Crippen molar-refractivity contribution in [1.82, 2.24) is 0 Å². The summed E-state index contributed by atoms with van der Waals surface area (Å²) in [6.07, 6.45) is 0.987. The molecule has 10 heteroatoms. The molecule has 3 rings (SSSR count). The van der Waals surface area contributed by atoms with E-state index < -0.39 is 34.4 Å². The Bertz CT molecular complexity index is 1340. The lowest BCUT2D eigenvalue weighted by Gasteiger charge is -2.12. The Morgan fingerprint density at radius 3 is 2.29 bits per heavy atom. The summed E-state index contributed by atoms with van der Waals surface area (Å²) in [7, 11) is -3.51. The number of carbonyl (C=O) groups excluding carboxylic acids is 3. The van der Waals surface area contributed by atoms with E-state index >= 15 is 0 Å². The predicted molar refractivity (Wildman–Crippen MR) is 129 cm³/mol. The van der Waals surface area contributed by atoms with E-state index in [9.17, 15) is 22.8 Å². The zero-order chi connectivity index (χ0) is 24.7. The predicted octanol–water partition coefficient (Wildman–Crippen LogP) is 3.41. The van der Waals surface area contributed by atoms with E-state index in [1.165, 1.54) is 24.3 Å². The maximum absolute atomic E-state index is 12.7. The van der Waals surface area contributed by atoms with Crippen molar-refractivity contribution in [2.45, 2.75) is 6.92 Å². The zero-order valence-corrected chi connectivity index (χ0v) is 19.3. The van der Waals surface area contributed by atoms with Gasteiger partial charge in [0.15, 0.2) is 6.61 Å². The van der Waals surface area contributed by atoms with Crippen LogP contribution in [0.4, 0.5) is 17.1 Å². The van der Waals surface area contributed by atoms with Gasteiger partial charge in [0.05, 0.1) is 23.1 Å². The van der Waals surface area contributed by atoms with Gasteiger partial charge in [-0.1, -0.05) is 30.3 Å². The van der Waals surface area contributed by atoms with Gasteiger partial charge in [-0.15, -0.1) is 0 Å². The van der Waals surface area contributed by atoms with E-state index in [4.69, 9.17) is 4.74 Å². The van der Waals surface area contributed by atoms with Crippen molar-refractivity contribution in [3.63, 3.8) is 0 Å². The van der Waals surface area contributed by atoms with E-state index in [2.05, 4.69) is 15.4 Å². The maximum atomic E-state index is 12.7. The fourth-order valence-corrected chi connectivity index (χ4v) is 3.59. The van der Waals surface area contributed by atoms with Gasteiger partial charge in [-0.3, -0.25) is 14.3 Å². The number of sulfonamides is 1. The molecule has 9 nitrogen and oxygen atoms in total. The molecule has 0 radical (unpaired) electrons. The van der Waals surface area contributed by atoms with E-state index in [0.29, 0.717) is 5.69 Å². The smallest absolute Gasteiger partial charge is 0.338 e. The van der Waals surface area contributed by atoms with Crippen molar-refractivity contribution in [3.8, 4) is 0 Å². The Morgan fingerprint density at radius 1 is 0.853 bits per heavy atom. The van der Waals surface area contributed by atoms with Crippen molar-refractivity contribution >= 4 is 44.9 Å². The van der Waals surface area contributed by atoms with Gasteiger partial charge in [-0.2, -0.15) is 0 Å². The van der Waals surface area contributed by atoms with Crippen molar-refractivity contribution in [3.05, 3.63) is 89.5 Å². The van der Waals surface area contributed by atoms with Gasteiger partial charge in [-0.25, -0.2) is 13.2 Å². The molecule has 3 aromatic rings. The third-order valence-electron chi connectivity index (χ3n) is 4.46.